The van der Waals surface area contributed by atoms with Crippen molar-refractivity contribution in [1.82, 2.24) is 5.32 Å². The first-order valence-electron chi connectivity index (χ1n) is 7.51. The molecule has 1 amide bonds. The lowest BCUT2D eigenvalue weighted by Crippen LogP contribution is -2.20. The van der Waals surface area contributed by atoms with Crippen molar-refractivity contribution in [3.63, 3.8) is 0 Å². The van der Waals surface area contributed by atoms with Crippen molar-refractivity contribution in [2.24, 2.45) is 0 Å². The SMILES string of the molecule is CNC(=O)c1cc(S(=O)(=O)Nc2ccc(OC)c(OC)c2)ccc1OC. The fourth-order valence-electron chi connectivity index (χ4n) is 2.28. The van der Waals surface area contributed by atoms with Crippen molar-refractivity contribution >= 4 is 21.6 Å². The number of anilines is 1. The largest absolute Gasteiger partial charge is 0.496 e. The Bertz CT molecular complexity index is 911. The summed E-state index contributed by atoms with van der Waals surface area (Å²) in [5.41, 5.74) is 0.408. The minimum atomic E-state index is -3.93. The first-order valence-corrected chi connectivity index (χ1v) is 8.99. The maximum Gasteiger partial charge on any atom is 0.261 e. The summed E-state index contributed by atoms with van der Waals surface area (Å²) >= 11 is 0. The molecule has 26 heavy (non-hydrogen) atoms. The van der Waals surface area contributed by atoms with Crippen LogP contribution in [0.2, 0.25) is 0 Å². The number of carbonyl (C=O) groups excluding carboxylic acids is 1. The molecular weight excluding hydrogens is 360 g/mol. The summed E-state index contributed by atoms with van der Waals surface area (Å²) in [7, 11) is 1.86. The van der Waals surface area contributed by atoms with Crippen LogP contribution in [0.15, 0.2) is 41.3 Å². The number of sulfonamides is 1. The van der Waals surface area contributed by atoms with Gasteiger partial charge in [-0.15, -0.1) is 0 Å². The molecule has 0 saturated heterocycles. The Morgan fingerprint density at radius 2 is 1.50 bits per heavy atom. The van der Waals surface area contributed by atoms with Crippen molar-refractivity contribution in [3.8, 4) is 17.2 Å². The summed E-state index contributed by atoms with van der Waals surface area (Å²) in [4.78, 5) is 11.9. The predicted molar refractivity (Wildman–Crippen MR) is 96.7 cm³/mol. The van der Waals surface area contributed by atoms with Gasteiger partial charge in [-0.1, -0.05) is 0 Å². The minimum absolute atomic E-state index is 0.0771. The second kappa shape index (κ2) is 7.96. The molecule has 0 aliphatic rings. The van der Waals surface area contributed by atoms with E-state index in [1.165, 1.54) is 52.6 Å². The molecule has 0 atom stereocenters. The average Bonchev–Trinajstić information content (AvgIpc) is 2.66. The second-order valence-corrected chi connectivity index (χ2v) is 6.80. The lowest BCUT2D eigenvalue weighted by Gasteiger charge is -2.13. The summed E-state index contributed by atoms with van der Waals surface area (Å²) in [5, 5.41) is 2.45. The van der Waals surface area contributed by atoms with Crippen LogP contribution in [0.3, 0.4) is 0 Å². The normalized spacial score (nSPS) is 10.8. The van der Waals surface area contributed by atoms with Gasteiger partial charge in [0, 0.05) is 13.1 Å². The molecule has 2 aromatic carbocycles. The number of hydrogen-bond donors (Lipinski definition) is 2. The predicted octanol–water partition coefficient (Wildman–Crippen LogP) is 1.87. The van der Waals surface area contributed by atoms with Gasteiger partial charge in [0.15, 0.2) is 11.5 Å². The molecule has 0 aliphatic carbocycles. The fourth-order valence-corrected chi connectivity index (χ4v) is 3.36. The van der Waals surface area contributed by atoms with E-state index >= 15 is 0 Å². The van der Waals surface area contributed by atoms with Gasteiger partial charge in [-0.3, -0.25) is 9.52 Å². The molecule has 0 radical (unpaired) electrons. The fraction of sp³-hybridized carbons (Fsp3) is 0.235. The topological polar surface area (TPSA) is 103 Å². The molecule has 0 unspecified atom stereocenters. The van der Waals surface area contributed by atoms with E-state index in [4.69, 9.17) is 14.2 Å². The van der Waals surface area contributed by atoms with Gasteiger partial charge >= 0.3 is 0 Å². The van der Waals surface area contributed by atoms with E-state index in [1.54, 1.807) is 12.1 Å². The molecule has 0 fully saturated rings. The van der Waals surface area contributed by atoms with Crippen molar-refractivity contribution in [3.05, 3.63) is 42.0 Å². The Hall–Kier alpha value is -2.94. The van der Waals surface area contributed by atoms with E-state index in [-0.39, 0.29) is 16.2 Å². The van der Waals surface area contributed by atoms with Crippen LogP contribution in [0.25, 0.3) is 0 Å². The third-order valence-electron chi connectivity index (χ3n) is 3.59. The van der Waals surface area contributed by atoms with E-state index in [9.17, 15) is 13.2 Å². The molecule has 140 valence electrons. The molecular formula is C17H20N2O6S. The van der Waals surface area contributed by atoms with Gasteiger partial charge in [-0.25, -0.2) is 8.42 Å². The van der Waals surface area contributed by atoms with Crippen LogP contribution < -0.4 is 24.2 Å². The van der Waals surface area contributed by atoms with Gasteiger partial charge < -0.3 is 19.5 Å². The Kier molecular flexibility index (Phi) is 5.93. The summed E-state index contributed by atoms with van der Waals surface area (Å²) in [6, 6.07) is 8.66. The standard InChI is InChI=1S/C17H20N2O6S/c1-18-17(20)13-10-12(6-8-14(13)23-2)26(21,22)19-11-5-7-15(24-3)16(9-11)25-4/h5-10,19H,1-4H3,(H,18,20). The highest BCUT2D eigenvalue weighted by molar-refractivity contribution is 7.92. The van der Waals surface area contributed by atoms with E-state index in [0.717, 1.165) is 0 Å². The molecule has 0 heterocycles. The molecule has 2 rings (SSSR count). The van der Waals surface area contributed by atoms with Gasteiger partial charge in [-0.2, -0.15) is 0 Å². The Morgan fingerprint density at radius 3 is 2.08 bits per heavy atom. The Morgan fingerprint density at radius 1 is 0.885 bits per heavy atom. The number of benzene rings is 2. The van der Waals surface area contributed by atoms with E-state index < -0.39 is 15.9 Å². The number of methoxy groups -OCH3 is 3. The van der Waals surface area contributed by atoms with Gasteiger partial charge in [-0.05, 0) is 30.3 Å². The quantitative estimate of drug-likeness (QED) is 0.760. The van der Waals surface area contributed by atoms with E-state index in [0.29, 0.717) is 17.2 Å². The number of hydrogen-bond acceptors (Lipinski definition) is 6. The van der Waals surface area contributed by atoms with Gasteiger partial charge in [0.2, 0.25) is 0 Å². The van der Waals surface area contributed by atoms with Crippen LogP contribution in [-0.2, 0) is 10.0 Å². The third kappa shape index (κ3) is 3.99. The zero-order valence-corrected chi connectivity index (χ0v) is 15.6. The highest BCUT2D eigenvalue weighted by atomic mass is 32.2. The molecule has 8 nitrogen and oxygen atoms in total. The second-order valence-electron chi connectivity index (χ2n) is 5.12. The molecule has 0 spiro atoms. The van der Waals surface area contributed by atoms with Crippen LogP contribution in [0.5, 0.6) is 17.2 Å². The van der Waals surface area contributed by atoms with E-state index in [1.807, 2.05) is 0 Å². The highest BCUT2D eigenvalue weighted by Gasteiger charge is 2.20. The summed E-state index contributed by atoms with van der Waals surface area (Å²) < 4.78 is 43.2. The number of rotatable bonds is 7. The summed E-state index contributed by atoms with van der Waals surface area (Å²) in [6.45, 7) is 0. The smallest absolute Gasteiger partial charge is 0.261 e. The maximum atomic E-state index is 12.7. The summed E-state index contributed by atoms with van der Waals surface area (Å²) in [6.07, 6.45) is 0. The highest BCUT2D eigenvalue weighted by Crippen LogP contribution is 2.31. The molecule has 2 aromatic rings. The molecule has 0 aromatic heterocycles. The zero-order chi connectivity index (χ0) is 19.3. The van der Waals surface area contributed by atoms with Gasteiger partial charge in [0.1, 0.15) is 5.75 Å². The van der Waals surface area contributed by atoms with Crippen molar-refractivity contribution in [2.75, 3.05) is 33.1 Å². The monoisotopic (exact) mass is 380 g/mol. The van der Waals surface area contributed by atoms with Crippen LogP contribution in [-0.4, -0.2) is 42.7 Å². The molecule has 0 bridgehead atoms. The Labute approximate surface area is 152 Å². The van der Waals surface area contributed by atoms with Gasteiger partial charge in [0.05, 0.1) is 37.5 Å². The average molecular weight is 380 g/mol. The van der Waals surface area contributed by atoms with Crippen LogP contribution in [0.4, 0.5) is 5.69 Å². The number of carbonyl (C=O) groups is 1. The maximum absolute atomic E-state index is 12.7. The molecule has 0 saturated carbocycles. The zero-order valence-electron chi connectivity index (χ0n) is 14.8. The lowest BCUT2D eigenvalue weighted by atomic mass is 10.2. The van der Waals surface area contributed by atoms with E-state index in [2.05, 4.69) is 10.0 Å². The van der Waals surface area contributed by atoms with Crippen molar-refractivity contribution in [1.29, 1.82) is 0 Å². The first kappa shape index (κ1) is 19.4. The van der Waals surface area contributed by atoms with Crippen LogP contribution in [0, 0.1) is 0 Å². The Balaban J connectivity index is 2.40. The minimum Gasteiger partial charge on any atom is -0.496 e. The molecule has 2 N–H and O–H groups in total. The molecule has 9 heteroatoms. The summed E-state index contributed by atoms with van der Waals surface area (Å²) in [5.74, 6) is 0.676. The van der Waals surface area contributed by atoms with Crippen LogP contribution >= 0.6 is 0 Å². The van der Waals surface area contributed by atoms with Crippen molar-refractivity contribution < 1.29 is 27.4 Å². The number of amides is 1. The number of nitrogens with one attached hydrogen (secondary N) is 2. The first-order chi connectivity index (χ1) is 12.4. The van der Waals surface area contributed by atoms with Gasteiger partial charge in [0.25, 0.3) is 15.9 Å². The number of ether oxygens (including phenoxy) is 3. The lowest BCUT2D eigenvalue weighted by molar-refractivity contribution is 0.0960. The third-order valence-corrected chi connectivity index (χ3v) is 4.97. The van der Waals surface area contributed by atoms with Crippen LogP contribution in [0.1, 0.15) is 10.4 Å². The molecule has 0 aliphatic heterocycles. The van der Waals surface area contributed by atoms with Crippen molar-refractivity contribution in [2.45, 2.75) is 4.90 Å².